The molecule has 5 rings (SSSR count). The maximum Gasteiger partial charge on any atom is 0.272 e. The van der Waals surface area contributed by atoms with Crippen LogP contribution in [0, 0.1) is 12.7 Å². The molecule has 0 bridgehead atoms. The summed E-state index contributed by atoms with van der Waals surface area (Å²) in [5.41, 5.74) is 5.24. The fourth-order valence-corrected chi connectivity index (χ4v) is 4.10. The zero-order valence-corrected chi connectivity index (χ0v) is 17.4. The number of rotatable bonds is 4. The molecule has 0 aliphatic heterocycles. The predicted octanol–water partition coefficient (Wildman–Crippen LogP) is 5.88. The Kier molecular flexibility index (Phi) is 4.59. The van der Waals surface area contributed by atoms with E-state index in [2.05, 4.69) is 11.4 Å². The van der Waals surface area contributed by atoms with Gasteiger partial charge < -0.3 is 14.5 Å². The lowest BCUT2D eigenvalue weighted by molar-refractivity contribution is 0.101. The molecular formula is C26H22FN3O. The van der Waals surface area contributed by atoms with Gasteiger partial charge in [-0.1, -0.05) is 24.3 Å². The van der Waals surface area contributed by atoms with E-state index in [0.717, 1.165) is 38.6 Å². The van der Waals surface area contributed by atoms with E-state index in [4.69, 9.17) is 0 Å². The molecule has 5 heteroatoms. The van der Waals surface area contributed by atoms with Crippen LogP contribution in [0.5, 0.6) is 0 Å². The molecule has 0 atom stereocenters. The predicted molar refractivity (Wildman–Crippen MR) is 123 cm³/mol. The first-order valence-electron chi connectivity index (χ1n) is 10.2. The summed E-state index contributed by atoms with van der Waals surface area (Å²) < 4.78 is 17.8. The quantitative estimate of drug-likeness (QED) is 0.394. The number of nitrogens with one attached hydrogen (secondary N) is 1. The average Bonchev–Trinajstić information content (AvgIpc) is 3.28. The number of hydrogen-bond acceptors (Lipinski definition) is 1. The van der Waals surface area contributed by atoms with E-state index in [-0.39, 0.29) is 11.7 Å². The molecule has 0 spiro atoms. The summed E-state index contributed by atoms with van der Waals surface area (Å²) in [6, 6.07) is 22.4. The number of halogens is 1. The molecule has 0 saturated carbocycles. The molecule has 1 N–H and O–H groups in total. The van der Waals surface area contributed by atoms with Crippen LogP contribution in [0.25, 0.3) is 21.8 Å². The van der Waals surface area contributed by atoms with Gasteiger partial charge in [0.05, 0.1) is 0 Å². The summed E-state index contributed by atoms with van der Waals surface area (Å²) in [4.78, 5) is 13.3. The Morgan fingerprint density at radius 2 is 1.77 bits per heavy atom. The molecule has 0 aliphatic carbocycles. The highest BCUT2D eigenvalue weighted by Gasteiger charge is 2.17. The highest BCUT2D eigenvalue weighted by Crippen LogP contribution is 2.25. The second kappa shape index (κ2) is 7.43. The third-order valence-electron chi connectivity index (χ3n) is 5.67. The minimum Gasteiger partial charge on any atom is -0.351 e. The number of carbonyl (C=O) groups is 1. The first-order chi connectivity index (χ1) is 15.0. The lowest BCUT2D eigenvalue weighted by atomic mass is 10.2. The number of nitrogens with zero attached hydrogens (tertiary/aromatic N) is 2. The highest BCUT2D eigenvalue weighted by atomic mass is 19.1. The molecule has 3 aromatic carbocycles. The maximum atomic E-state index is 13.8. The van der Waals surface area contributed by atoms with E-state index in [9.17, 15) is 9.18 Å². The molecule has 0 radical (unpaired) electrons. The van der Waals surface area contributed by atoms with Crippen molar-refractivity contribution in [3.8, 4) is 0 Å². The Morgan fingerprint density at radius 1 is 0.935 bits per heavy atom. The van der Waals surface area contributed by atoms with Gasteiger partial charge in [0.15, 0.2) is 0 Å². The van der Waals surface area contributed by atoms with Crippen LogP contribution in [0.3, 0.4) is 0 Å². The van der Waals surface area contributed by atoms with Crippen molar-refractivity contribution in [1.29, 1.82) is 0 Å². The van der Waals surface area contributed by atoms with Gasteiger partial charge in [-0.3, -0.25) is 4.79 Å². The number of benzene rings is 3. The number of carbonyl (C=O) groups excluding carboxylic acids is 1. The van der Waals surface area contributed by atoms with Crippen LogP contribution in [0.2, 0.25) is 0 Å². The highest BCUT2D eigenvalue weighted by molar-refractivity contribution is 6.07. The molecule has 2 aromatic heterocycles. The van der Waals surface area contributed by atoms with Gasteiger partial charge in [-0.2, -0.15) is 0 Å². The second-order valence-corrected chi connectivity index (χ2v) is 7.96. The maximum absolute atomic E-state index is 13.8. The van der Waals surface area contributed by atoms with Gasteiger partial charge >= 0.3 is 0 Å². The fraction of sp³-hybridized carbons (Fsp3) is 0.115. The minimum atomic E-state index is -0.285. The Morgan fingerprint density at radius 3 is 2.61 bits per heavy atom. The van der Waals surface area contributed by atoms with Gasteiger partial charge in [-0.15, -0.1) is 0 Å². The monoisotopic (exact) mass is 411 g/mol. The Hall–Kier alpha value is -3.86. The van der Waals surface area contributed by atoms with Crippen molar-refractivity contribution in [2.24, 2.45) is 7.05 Å². The van der Waals surface area contributed by atoms with Crippen LogP contribution in [0.4, 0.5) is 10.1 Å². The van der Waals surface area contributed by atoms with Crippen LogP contribution in [-0.4, -0.2) is 15.0 Å². The molecule has 0 aliphatic rings. The second-order valence-electron chi connectivity index (χ2n) is 7.96. The average molecular weight is 411 g/mol. The lowest BCUT2D eigenvalue weighted by Gasteiger charge is -2.12. The molecule has 0 unspecified atom stereocenters. The van der Waals surface area contributed by atoms with E-state index < -0.39 is 0 Å². The molecule has 5 aromatic rings. The van der Waals surface area contributed by atoms with Crippen molar-refractivity contribution in [3.05, 3.63) is 102 Å². The first kappa shape index (κ1) is 19.1. The Labute approximate surface area is 179 Å². The van der Waals surface area contributed by atoms with Crippen LogP contribution < -0.4 is 5.32 Å². The zero-order valence-electron chi connectivity index (χ0n) is 17.4. The molecule has 0 fully saturated rings. The number of anilines is 1. The van der Waals surface area contributed by atoms with Gasteiger partial charge in [0.1, 0.15) is 11.5 Å². The van der Waals surface area contributed by atoms with E-state index in [1.807, 2.05) is 77.8 Å². The smallest absolute Gasteiger partial charge is 0.272 e. The summed E-state index contributed by atoms with van der Waals surface area (Å²) in [5.74, 6) is -0.479. The van der Waals surface area contributed by atoms with Crippen molar-refractivity contribution in [3.63, 3.8) is 0 Å². The third kappa shape index (κ3) is 3.59. The lowest BCUT2D eigenvalue weighted by Crippen LogP contribution is -2.17. The van der Waals surface area contributed by atoms with Gasteiger partial charge in [0, 0.05) is 47.3 Å². The van der Waals surface area contributed by atoms with Crippen LogP contribution in [0.15, 0.2) is 79.0 Å². The number of hydrogen-bond donors (Lipinski definition) is 1. The van der Waals surface area contributed by atoms with Gasteiger partial charge in [-0.25, -0.2) is 4.39 Å². The van der Waals surface area contributed by atoms with Crippen molar-refractivity contribution >= 4 is 33.4 Å². The van der Waals surface area contributed by atoms with E-state index in [1.165, 1.54) is 12.1 Å². The van der Waals surface area contributed by atoms with Crippen LogP contribution in [0.1, 0.15) is 21.6 Å². The number of amides is 1. The van der Waals surface area contributed by atoms with Gasteiger partial charge in [0.2, 0.25) is 0 Å². The standard InChI is InChI=1S/C26H22FN3O/c1-17-6-7-19-15-25(30(24(19)12-17)16-18-4-3-5-21(27)13-18)26(31)28-22-8-9-23-20(14-22)10-11-29(23)2/h3-15H,16H2,1-2H3,(H,28,31). The van der Waals surface area contributed by atoms with Crippen molar-refractivity contribution in [1.82, 2.24) is 9.13 Å². The molecule has 4 nitrogen and oxygen atoms in total. The largest absolute Gasteiger partial charge is 0.351 e. The van der Waals surface area contributed by atoms with Crippen molar-refractivity contribution in [2.75, 3.05) is 5.32 Å². The molecule has 31 heavy (non-hydrogen) atoms. The number of aromatic nitrogens is 2. The summed E-state index contributed by atoms with van der Waals surface area (Å²) >= 11 is 0. The molecule has 0 saturated heterocycles. The molecule has 1 amide bonds. The van der Waals surface area contributed by atoms with Crippen LogP contribution >= 0.6 is 0 Å². The number of fused-ring (bicyclic) bond motifs is 2. The minimum absolute atomic E-state index is 0.194. The summed E-state index contributed by atoms with van der Waals surface area (Å²) in [6.07, 6.45) is 2.00. The Bertz CT molecular complexity index is 1440. The Balaban J connectivity index is 1.54. The van der Waals surface area contributed by atoms with Crippen LogP contribution in [-0.2, 0) is 13.6 Å². The fourth-order valence-electron chi connectivity index (χ4n) is 4.10. The molecule has 2 heterocycles. The summed E-state index contributed by atoms with van der Waals surface area (Å²) in [7, 11) is 1.99. The van der Waals surface area contributed by atoms with E-state index in [0.29, 0.717) is 12.2 Å². The molecule has 154 valence electrons. The topological polar surface area (TPSA) is 39.0 Å². The van der Waals surface area contributed by atoms with E-state index in [1.54, 1.807) is 6.07 Å². The van der Waals surface area contributed by atoms with Gasteiger partial charge in [0.25, 0.3) is 5.91 Å². The summed E-state index contributed by atoms with van der Waals surface area (Å²) in [6.45, 7) is 2.43. The summed E-state index contributed by atoms with van der Waals surface area (Å²) in [5, 5.41) is 5.07. The first-order valence-corrected chi connectivity index (χ1v) is 10.2. The number of aryl methyl sites for hydroxylation is 2. The third-order valence-corrected chi connectivity index (χ3v) is 5.67. The SMILES string of the molecule is Cc1ccc2cc(C(=O)Nc3ccc4c(ccn4C)c3)n(Cc3cccc(F)c3)c2c1. The van der Waals surface area contributed by atoms with E-state index >= 15 is 0 Å². The van der Waals surface area contributed by atoms with Crippen molar-refractivity contribution in [2.45, 2.75) is 13.5 Å². The van der Waals surface area contributed by atoms with Gasteiger partial charge in [-0.05, 0) is 66.6 Å². The zero-order chi connectivity index (χ0) is 21.5. The molecular weight excluding hydrogens is 389 g/mol. The normalized spacial score (nSPS) is 11.3. The van der Waals surface area contributed by atoms with Crippen molar-refractivity contribution < 1.29 is 9.18 Å².